The van der Waals surface area contributed by atoms with E-state index >= 15 is 0 Å². The lowest BCUT2D eigenvalue weighted by atomic mass is 10.2. The summed E-state index contributed by atoms with van der Waals surface area (Å²) in [4.78, 5) is 0. The lowest BCUT2D eigenvalue weighted by Crippen LogP contribution is -1.79. The van der Waals surface area contributed by atoms with Gasteiger partial charge in [-0.1, -0.05) is 17.7 Å². The van der Waals surface area contributed by atoms with E-state index in [9.17, 15) is 0 Å². The monoisotopic (exact) mass is 319 g/mol. The third kappa shape index (κ3) is 1.54. The van der Waals surface area contributed by atoms with E-state index in [1.807, 2.05) is 18.2 Å². The largest absolute Gasteiger partial charge is 0.192 e. The number of nitrogens with zero attached hydrogens (tertiary/aromatic N) is 1. The van der Waals surface area contributed by atoms with Crippen molar-refractivity contribution in [3.63, 3.8) is 0 Å². The maximum Gasteiger partial charge on any atom is 0.100 e. The molecule has 1 heterocycles. The second-order valence-corrected chi connectivity index (χ2v) is 5.27. The molecular formula is C9H3ClINS. The fourth-order valence-electron chi connectivity index (χ4n) is 1.12. The van der Waals surface area contributed by atoms with E-state index < -0.39 is 0 Å². The molecule has 0 bridgehead atoms. The van der Waals surface area contributed by atoms with E-state index in [0.29, 0.717) is 5.56 Å². The molecular weight excluding hydrogens is 317 g/mol. The van der Waals surface area contributed by atoms with E-state index in [1.165, 1.54) is 11.3 Å². The number of rotatable bonds is 0. The van der Waals surface area contributed by atoms with Gasteiger partial charge in [0.15, 0.2) is 0 Å². The quantitative estimate of drug-likeness (QED) is 0.673. The van der Waals surface area contributed by atoms with Crippen LogP contribution in [0.2, 0.25) is 4.34 Å². The van der Waals surface area contributed by atoms with Crippen molar-refractivity contribution in [3.8, 4) is 6.07 Å². The van der Waals surface area contributed by atoms with Crippen molar-refractivity contribution in [1.82, 2.24) is 0 Å². The minimum atomic E-state index is 0.714. The minimum absolute atomic E-state index is 0.714. The van der Waals surface area contributed by atoms with E-state index in [1.54, 1.807) is 0 Å². The third-order valence-electron chi connectivity index (χ3n) is 1.72. The normalized spacial score (nSPS) is 10.2. The van der Waals surface area contributed by atoms with Crippen LogP contribution in [0.3, 0.4) is 0 Å². The topological polar surface area (TPSA) is 23.8 Å². The number of benzene rings is 1. The second-order valence-electron chi connectivity index (χ2n) is 2.51. The van der Waals surface area contributed by atoms with E-state index in [4.69, 9.17) is 16.9 Å². The summed E-state index contributed by atoms with van der Waals surface area (Å²) in [5.41, 5.74) is 0.714. The average molecular weight is 320 g/mol. The molecule has 1 nitrogen and oxygen atoms in total. The van der Waals surface area contributed by atoms with Gasteiger partial charge in [0, 0.05) is 3.57 Å². The van der Waals surface area contributed by atoms with Crippen LogP contribution in [0.1, 0.15) is 5.56 Å². The molecule has 2 aromatic rings. The van der Waals surface area contributed by atoms with Gasteiger partial charge in [0.2, 0.25) is 0 Å². The van der Waals surface area contributed by atoms with Crippen LogP contribution in [0.4, 0.5) is 0 Å². The number of hydrogen-bond donors (Lipinski definition) is 0. The highest BCUT2D eigenvalue weighted by Crippen LogP contribution is 2.34. The molecule has 0 unspecified atom stereocenters. The van der Waals surface area contributed by atoms with Crippen LogP contribution in [-0.2, 0) is 0 Å². The summed E-state index contributed by atoms with van der Waals surface area (Å²) in [6, 6.07) is 7.83. The van der Waals surface area contributed by atoms with Crippen LogP contribution in [0.25, 0.3) is 10.1 Å². The number of hydrogen-bond acceptors (Lipinski definition) is 2. The van der Waals surface area contributed by atoms with Gasteiger partial charge in [0.05, 0.1) is 14.6 Å². The summed E-state index contributed by atoms with van der Waals surface area (Å²) in [7, 11) is 0. The van der Waals surface area contributed by atoms with Crippen molar-refractivity contribution >= 4 is 55.6 Å². The minimum Gasteiger partial charge on any atom is -0.192 e. The zero-order valence-electron chi connectivity index (χ0n) is 6.34. The number of fused-ring (bicyclic) bond motifs is 1. The van der Waals surface area contributed by atoms with Gasteiger partial charge in [0.1, 0.15) is 6.07 Å². The van der Waals surface area contributed by atoms with Crippen LogP contribution in [0.5, 0.6) is 0 Å². The lowest BCUT2D eigenvalue weighted by molar-refractivity contribution is 1.49. The van der Waals surface area contributed by atoms with Gasteiger partial charge in [-0.2, -0.15) is 5.26 Å². The zero-order chi connectivity index (χ0) is 9.42. The SMILES string of the molecule is N#Cc1ccc2cc(Cl)sc2c1I. The molecule has 0 atom stereocenters. The molecule has 0 aliphatic carbocycles. The predicted octanol–water partition coefficient (Wildman–Crippen LogP) is 4.03. The fraction of sp³-hybridized carbons (Fsp3) is 0. The van der Waals surface area contributed by atoms with Crippen molar-refractivity contribution in [2.24, 2.45) is 0 Å². The van der Waals surface area contributed by atoms with Crippen LogP contribution in [-0.4, -0.2) is 0 Å². The highest BCUT2D eigenvalue weighted by molar-refractivity contribution is 14.1. The summed E-state index contributed by atoms with van der Waals surface area (Å²) in [5, 5.41) is 9.91. The second kappa shape index (κ2) is 3.45. The summed E-state index contributed by atoms with van der Waals surface area (Å²) in [6.45, 7) is 0. The Hall–Kier alpha value is -0.310. The summed E-state index contributed by atoms with van der Waals surface area (Å²) in [5.74, 6) is 0. The Kier molecular flexibility index (Phi) is 2.45. The molecule has 0 aliphatic rings. The van der Waals surface area contributed by atoms with Gasteiger partial charge >= 0.3 is 0 Å². The van der Waals surface area contributed by atoms with Crippen molar-refractivity contribution in [3.05, 3.63) is 31.7 Å². The standard InChI is InChI=1S/C9H3ClINS/c10-7-3-5-1-2-6(4-12)8(11)9(5)13-7/h1-3H. The van der Waals surface area contributed by atoms with Crippen LogP contribution < -0.4 is 0 Å². The Morgan fingerprint density at radius 2 is 2.23 bits per heavy atom. The predicted molar refractivity (Wildman–Crippen MR) is 64.3 cm³/mol. The highest BCUT2D eigenvalue weighted by atomic mass is 127. The molecule has 1 aromatic carbocycles. The van der Waals surface area contributed by atoms with Gasteiger partial charge < -0.3 is 0 Å². The van der Waals surface area contributed by atoms with Crippen LogP contribution >= 0.6 is 45.5 Å². The Labute approximate surface area is 98.1 Å². The first kappa shape index (κ1) is 9.25. The smallest absolute Gasteiger partial charge is 0.100 e. The molecule has 0 fully saturated rings. The molecule has 13 heavy (non-hydrogen) atoms. The first-order valence-corrected chi connectivity index (χ1v) is 5.77. The third-order valence-corrected chi connectivity index (χ3v) is 4.50. The first-order chi connectivity index (χ1) is 6.22. The molecule has 0 saturated heterocycles. The molecule has 0 amide bonds. The number of halogens is 2. The van der Waals surface area contributed by atoms with Gasteiger partial charge in [0.25, 0.3) is 0 Å². The van der Waals surface area contributed by atoms with E-state index in [2.05, 4.69) is 28.7 Å². The highest BCUT2D eigenvalue weighted by Gasteiger charge is 2.07. The summed E-state index contributed by atoms with van der Waals surface area (Å²) < 4.78 is 2.86. The van der Waals surface area contributed by atoms with Crippen molar-refractivity contribution in [2.75, 3.05) is 0 Å². The number of thiophene rings is 1. The molecule has 2 rings (SSSR count). The molecule has 0 radical (unpaired) electrons. The fourth-order valence-corrected chi connectivity index (χ4v) is 3.24. The Morgan fingerprint density at radius 1 is 1.46 bits per heavy atom. The van der Waals surface area contributed by atoms with Gasteiger partial charge in [-0.3, -0.25) is 0 Å². The molecule has 4 heteroatoms. The van der Waals surface area contributed by atoms with Crippen LogP contribution in [0.15, 0.2) is 18.2 Å². The van der Waals surface area contributed by atoms with Crippen molar-refractivity contribution in [1.29, 1.82) is 5.26 Å². The van der Waals surface area contributed by atoms with Gasteiger partial charge in [-0.25, -0.2) is 0 Å². The van der Waals surface area contributed by atoms with E-state index in [-0.39, 0.29) is 0 Å². The van der Waals surface area contributed by atoms with Crippen molar-refractivity contribution < 1.29 is 0 Å². The summed E-state index contributed by atoms with van der Waals surface area (Å²) in [6.07, 6.45) is 0. The number of nitriles is 1. The maximum absolute atomic E-state index is 8.80. The molecule has 0 N–H and O–H groups in total. The molecule has 1 aromatic heterocycles. The Balaban J connectivity index is 2.87. The molecule has 0 saturated carbocycles. The van der Waals surface area contributed by atoms with Gasteiger partial charge in [-0.05, 0) is 40.1 Å². The molecule has 0 spiro atoms. The molecule has 64 valence electrons. The van der Waals surface area contributed by atoms with Crippen LogP contribution in [0, 0.1) is 14.9 Å². The Morgan fingerprint density at radius 3 is 2.92 bits per heavy atom. The average Bonchev–Trinajstić information content (AvgIpc) is 2.47. The first-order valence-electron chi connectivity index (χ1n) is 3.50. The molecule has 0 aliphatic heterocycles. The zero-order valence-corrected chi connectivity index (χ0v) is 10.1. The Bertz CT molecular complexity index is 512. The summed E-state index contributed by atoms with van der Waals surface area (Å²) >= 11 is 9.58. The van der Waals surface area contributed by atoms with Gasteiger partial charge in [-0.15, -0.1) is 11.3 Å². The lowest BCUT2D eigenvalue weighted by Gasteiger charge is -1.95. The maximum atomic E-state index is 8.80. The van der Waals surface area contributed by atoms with E-state index in [0.717, 1.165) is 18.0 Å². The van der Waals surface area contributed by atoms with Crippen molar-refractivity contribution in [2.45, 2.75) is 0 Å².